The van der Waals surface area contributed by atoms with E-state index in [0.29, 0.717) is 15.9 Å². The molecule has 7 nitrogen and oxygen atoms in total. The maximum Gasteiger partial charge on any atom is 0.390 e. The van der Waals surface area contributed by atoms with E-state index in [-0.39, 0.29) is 16.3 Å². The van der Waals surface area contributed by atoms with Crippen LogP contribution in [0.25, 0.3) is 10.9 Å². The smallest absolute Gasteiger partial charge is 0.360 e. The second kappa shape index (κ2) is 6.79. The van der Waals surface area contributed by atoms with Crippen molar-refractivity contribution >= 4 is 38.2 Å². The SMILES string of the molecule is N#Cc1c(NS(=O)(=O)c2c[nH]c3cc(Cl)ccc23)cnn1CCC(F)(F)F. The average Bonchev–Trinajstić information content (AvgIpc) is 3.15. The zero-order valence-electron chi connectivity index (χ0n) is 13.4. The van der Waals surface area contributed by atoms with Crippen LogP contribution < -0.4 is 4.72 Å². The van der Waals surface area contributed by atoms with E-state index >= 15 is 0 Å². The fourth-order valence-corrected chi connectivity index (χ4v) is 3.88. The van der Waals surface area contributed by atoms with Crippen molar-refractivity contribution in [2.24, 2.45) is 0 Å². The minimum absolute atomic E-state index is 0.0962. The van der Waals surface area contributed by atoms with Crippen molar-refractivity contribution in [2.45, 2.75) is 24.0 Å². The number of nitrogens with zero attached hydrogens (tertiary/aromatic N) is 3. The molecule has 0 fully saturated rings. The molecule has 0 aliphatic rings. The fourth-order valence-electron chi connectivity index (χ4n) is 2.47. The van der Waals surface area contributed by atoms with E-state index in [2.05, 4.69) is 14.8 Å². The summed E-state index contributed by atoms with van der Waals surface area (Å²) in [5.74, 6) is 0. The van der Waals surface area contributed by atoms with E-state index in [1.165, 1.54) is 18.3 Å². The summed E-state index contributed by atoms with van der Waals surface area (Å²) in [5.41, 5.74) is -0.0297. The van der Waals surface area contributed by atoms with Crippen molar-refractivity contribution in [1.82, 2.24) is 14.8 Å². The number of rotatable bonds is 5. The Balaban J connectivity index is 1.92. The quantitative estimate of drug-likeness (QED) is 0.661. The molecule has 2 heterocycles. The van der Waals surface area contributed by atoms with Crippen LogP contribution in [0.15, 0.2) is 35.5 Å². The highest BCUT2D eigenvalue weighted by Gasteiger charge is 2.28. The van der Waals surface area contributed by atoms with Gasteiger partial charge in [0.25, 0.3) is 10.0 Å². The van der Waals surface area contributed by atoms with Crippen molar-refractivity contribution in [1.29, 1.82) is 5.26 Å². The molecule has 0 bridgehead atoms. The van der Waals surface area contributed by atoms with Gasteiger partial charge in [0.15, 0.2) is 5.69 Å². The lowest BCUT2D eigenvalue weighted by atomic mass is 10.2. The topological polar surface area (TPSA) is 104 Å². The Morgan fingerprint density at radius 3 is 2.78 bits per heavy atom. The van der Waals surface area contributed by atoms with Gasteiger partial charge in [0.2, 0.25) is 0 Å². The first-order valence-corrected chi connectivity index (χ1v) is 9.29. The molecule has 0 saturated heterocycles. The van der Waals surface area contributed by atoms with Crippen molar-refractivity contribution in [3.63, 3.8) is 0 Å². The van der Waals surface area contributed by atoms with Gasteiger partial charge in [0, 0.05) is 22.1 Å². The van der Waals surface area contributed by atoms with Gasteiger partial charge in [-0.2, -0.15) is 23.5 Å². The first-order valence-electron chi connectivity index (χ1n) is 7.43. The summed E-state index contributed by atoms with van der Waals surface area (Å²) < 4.78 is 65.4. The molecule has 2 N–H and O–H groups in total. The molecular weight excluding hydrogens is 407 g/mol. The fraction of sp³-hybridized carbons (Fsp3) is 0.200. The summed E-state index contributed by atoms with van der Waals surface area (Å²) in [4.78, 5) is 2.68. The second-order valence-electron chi connectivity index (χ2n) is 5.56. The normalized spacial score (nSPS) is 12.3. The van der Waals surface area contributed by atoms with Gasteiger partial charge in [-0.15, -0.1) is 0 Å². The maximum atomic E-state index is 12.7. The number of fused-ring (bicyclic) bond motifs is 1. The molecule has 0 aliphatic carbocycles. The van der Waals surface area contributed by atoms with Crippen molar-refractivity contribution in [3.8, 4) is 6.07 Å². The van der Waals surface area contributed by atoms with E-state index in [0.717, 1.165) is 10.9 Å². The number of alkyl halides is 3. The molecule has 142 valence electrons. The highest BCUT2D eigenvalue weighted by atomic mass is 35.5. The number of benzene rings is 1. The molecule has 3 rings (SSSR count). The van der Waals surface area contributed by atoms with Gasteiger partial charge in [-0.25, -0.2) is 8.42 Å². The maximum absolute atomic E-state index is 12.7. The van der Waals surface area contributed by atoms with E-state index in [1.54, 1.807) is 12.1 Å². The number of halogens is 4. The van der Waals surface area contributed by atoms with Crippen molar-refractivity contribution in [3.05, 3.63) is 41.3 Å². The molecule has 1 aromatic carbocycles. The van der Waals surface area contributed by atoms with Gasteiger partial charge in [0.1, 0.15) is 16.7 Å². The number of aromatic nitrogens is 3. The number of hydrogen-bond acceptors (Lipinski definition) is 4. The zero-order chi connectivity index (χ0) is 19.8. The lowest BCUT2D eigenvalue weighted by Crippen LogP contribution is -2.15. The van der Waals surface area contributed by atoms with Gasteiger partial charge in [-0.3, -0.25) is 9.40 Å². The summed E-state index contributed by atoms with van der Waals surface area (Å²) in [7, 11) is -4.12. The zero-order valence-corrected chi connectivity index (χ0v) is 15.0. The standard InChI is InChI=1S/C15H11ClF3N5O2S/c16-9-1-2-10-11(5-9)21-8-14(10)27(25,26)23-12-7-22-24(13(12)6-20)4-3-15(17,18)19/h1-2,5,7-8,21,23H,3-4H2. The lowest BCUT2D eigenvalue weighted by molar-refractivity contribution is -0.137. The van der Waals surface area contributed by atoms with E-state index < -0.39 is 29.2 Å². The third-order valence-electron chi connectivity index (χ3n) is 3.69. The van der Waals surface area contributed by atoms with Crippen LogP contribution >= 0.6 is 11.6 Å². The van der Waals surface area contributed by atoms with Crippen LogP contribution in [0, 0.1) is 11.3 Å². The van der Waals surface area contributed by atoms with E-state index in [1.807, 2.05) is 0 Å². The average molecular weight is 418 g/mol. The molecule has 0 saturated carbocycles. The predicted molar refractivity (Wildman–Crippen MR) is 91.7 cm³/mol. The van der Waals surface area contributed by atoms with Gasteiger partial charge >= 0.3 is 6.18 Å². The molecule has 12 heteroatoms. The van der Waals surface area contributed by atoms with Crippen molar-refractivity contribution < 1.29 is 21.6 Å². The first kappa shape index (κ1) is 19.1. The molecule has 2 aromatic heterocycles. The van der Waals surface area contributed by atoms with Gasteiger partial charge < -0.3 is 4.98 Å². The van der Waals surface area contributed by atoms with Crippen LogP contribution in [-0.4, -0.2) is 29.4 Å². The Bertz CT molecular complexity index is 1140. The van der Waals surface area contributed by atoms with Gasteiger partial charge in [-0.1, -0.05) is 11.6 Å². The largest absolute Gasteiger partial charge is 0.390 e. The Hall–Kier alpha value is -2.71. The monoisotopic (exact) mass is 417 g/mol. The lowest BCUT2D eigenvalue weighted by Gasteiger charge is -2.08. The molecular formula is C15H11ClF3N5O2S. The number of sulfonamides is 1. The minimum Gasteiger partial charge on any atom is -0.360 e. The Kier molecular flexibility index (Phi) is 4.79. The number of H-pyrrole nitrogens is 1. The van der Waals surface area contributed by atoms with Gasteiger partial charge in [0.05, 0.1) is 19.2 Å². The number of aryl methyl sites for hydroxylation is 1. The number of nitriles is 1. The Labute approximate surface area is 156 Å². The molecule has 3 aromatic rings. The Morgan fingerprint density at radius 2 is 2.11 bits per heavy atom. The Morgan fingerprint density at radius 1 is 1.37 bits per heavy atom. The number of anilines is 1. The molecule has 0 amide bonds. The van der Waals surface area contributed by atoms with Crippen LogP contribution in [0.2, 0.25) is 5.02 Å². The van der Waals surface area contributed by atoms with Crippen LogP contribution in [0.1, 0.15) is 12.1 Å². The molecule has 0 unspecified atom stereocenters. The van der Waals surface area contributed by atoms with Crippen LogP contribution in [-0.2, 0) is 16.6 Å². The van der Waals surface area contributed by atoms with Crippen LogP contribution in [0.4, 0.5) is 18.9 Å². The highest BCUT2D eigenvalue weighted by molar-refractivity contribution is 7.93. The van der Waals surface area contributed by atoms with E-state index in [9.17, 15) is 26.9 Å². The molecule has 0 aliphatic heterocycles. The number of aromatic amines is 1. The summed E-state index contributed by atoms with van der Waals surface area (Å²) in [6.07, 6.45) is -3.37. The van der Waals surface area contributed by atoms with Gasteiger partial charge in [-0.05, 0) is 18.2 Å². The van der Waals surface area contributed by atoms with Crippen LogP contribution in [0.5, 0.6) is 0 Å². The molecule has 0 atom stereocenters. The molecule has 27 heavy (non-hydrogen) atoms. The number of nitrogens with one attached hydrogen (secondary N) is 2. The van der Waals surface area contributed by atoms with E-state index in [4.69, 9.17) is 11.6 Å². The highest BCUT2D eigenvalue weighted by Crippen LogP contribution is 2.28. The third kappa shape index (κ3) is 4.01. The third-order valence-corrected chi connectivity index (χ3v) is 5.33. The predicted octanol–water partition coefficient (Wildman–Crippen LogP) is 3.64. The first-order chi connectivity index (χ1) is 12.6. The number of hydrogen-bond donors (Lipinski definition) is 2. The summed E-state index contributed by atoms with van der Waals surface area (Å²) in [5, 5.41) is 13.7. The summed E-state index contributed by atoms with van der Waals surface area (Å²) in [6, 6.07) is 6.26. The second-order valence-corrected chi connectivity index (χ2v) is 7.64. The summed E-state index contributed by atoms with van der Waals surface area (Å²) >= 11 is 5.86. The molecule has 0 radical (unpaired) electrons. The summed E-state index contributed by atoms with van der Waals surface area (Å²) in [6.45, 7) is -0.598. The van der Waals surface area contributed by atoms with Crippen LogP contribution in [0.3, 0.4) is 0 Å². The molecule has 0 spiro atoms. The minimum atomic E-state index is -4.43. The van der Waals surface area contributed by atoms with Crippen molar-refractivity contribution in [2.75, 3.05) is 4.72 Å².